The molecule has 0 saturated carbocycles. The van der Waals surface area contributed by atoms with E-state index in [0.717, 1.165) is 22.2 Å². The number of pyridine rings is 1. The molecule has 23 heavy (non-hydrogen) atoms. The van der Waals surface area contributed by atoms with Gasteiger partial charge in [0.2, 0.25) is 0 Å². The summed E-state index contributed by atoms with van der Waals surface area (Å²) in [5.41, 5.74) is 2.91. The Morgan fingerprint density at radius 1 is 1.00 bits per heavy atom. The molecule has 0 saturated heterocycles. The number of hydrogen-bond donors (Lipinski definition) is 0. The van der Waals surface area contributed by atoms with Crippen molar-refractivity contribution >= 4 is 22.4 Å². The average Bonchev–Trinajstić information content (AvgIpc) is 2.60. The van der Waals surface area contributed by atoms with Crippen LogP contribution in [0.5, 0.6) is 0 Å². The van der Waals surface area contributed by atoms with Gasteiger partial charge in [-0.3, -0.25) is 4.79 Å². The Balaban J connectivity index is 2.30. The molecule has 3 nitrogen and oxygen atoms in total. The lowest BCUT2D eigenvalue weighted by Gasteiger charge is -2.17. The third-order valence-electron chi connectivity index (χ3n) is 3.92. The van der Waals surface area contributed by atoms with E-state index >= 15 is 0 Å². The zero-order valence-corrected chi connectivity index (χ0v) is 13.7. The molecule has 0 bridgehead atoms. The lowest BCUT2D eigenvalue weighted by atomic mass is 9.99. The van der Waals surface area contributed by atoms with Crippen molar-refractivity contribution in [3.05, 3.63) is 70.5 Å². The maximum absolute atomic E-state index is 12.7. The fraction of sp³-hybridized carbons (Fsp3) is 0.211. The molecular weight excluding hydrogens is 310 g/mol. The summed E-state index contributed by atoms with van der Waals surface area (Å²) in [6, 6.07) is 17.6. The Hall–Kier alpha value is -2.10. The molecule has 0 aliphatic rings. The highest BCUT2D eigenvalue weighted by Gasteiger charge is 2.16. The summed E-state index contributed by atoms with van der Waals surface area (Å²) < 4.78 is 7.39. The van der Waals surface area contributed by atoms with Crippen LogP contribution in [0.15, 0.2) is 59.4 Å². The van der Waals surface area contributed by atoms with E-state index in [2.05, 4.69) is 0 Å². The normalized spacial score (nSPS) is 11.0. The second kappa shape index (κ2) is 6.99. The van der Waals surface area contributed by atoms with E-state index in [1.807, 2.05) is 61.6 Å². The predicted molar refractivity (Wildman–Crippen MR) is 95.0 cm³/mol. The zero-order chi connectivity index (χ0) is 16.2. The van der Waals surface area contributed by atoms with Crippen molar-refractivity contribution in [2.24, 2.45) is 7.05 Å². The smallest absolute Gasteiger partial charge is 0.258 e. The number of aromatic nitrogens is 1. The fourth-order valence-corrected chi connectivity index (χ4v) is 2.99. The van der Waals surface area contributed by atoms with E-state index in [1.54, 1.807) is 4.57 Å². The molecule has 0 aliphatic carbocycles. The summed E-state index contributed by atoms with van der Waals surface area (Å²) in [4.78, 5) is 12.7. The van der Waals surface area contributed by atoms with Gasteiger partial charge in [0.15, 0.2) is 0 Å². The van der Waals surface area contributed by atoms with E-state index in [4.69, 9.17) is 16.3 Å². The van der Waals surface area contributed by atoms with E-state index < -0.39 is 0 Å². The summed E-state index contributed by atoms with van der Waals surface area (Å²) in [6.45, 7) is 0.901. The summed E-state index contributed by atoms with van der Waals surface area (Å²) in [5, 5.41) is 1.64. The number of rotatable bonds is 5. The molecule has 0 aliphatic heterocycles. The average molecular weight is 328 g/mol. The zero-order valence-electron chi connectivity index (χ0n) is 13.0. The van der Waals surface area contributed by atoms with Gasteiger partial charge in [-0.1, -0.05) is 48.5 Å². The summed E-state index contributed by atoms with van der Waals surface area (Å²) in [7, 11) is 1.81. The quantitative estimate of drug-likeness (QED) is 0.524. The maximum atomic E-state index is 12.7. The van der Waals surface area contributed by atoms with Gasteiger partial charge in [-0.25, -0.2) is 0 Å². The monoisotopic (exact) mass is 327 g/mol. The number of hydrogen-bond acceptors (Lipinski definition) is 2. The first kappa shape index (κ1) is 15.8. The first-order valence-corrected chi connectivity index (χ1v) is 8.07. The molecule has 1 aromatic heterocycles. The van der Waals surface area contributed by atoms with Gasteiger partial charge in [-0.2, -0.15) is 0 Å². The molecule has 0 unspecified atom stereocenters. The van der Waals surface area contributed by atoms with Crippen LogP contribution in [0.3, 0.4) is 0 Å². The molecule has 3 aromatic rings. The van der Waals surface area contributed by atoms with Gasteiger partial charge in [0, 0.05) is 23.9 Å². The molecular formula is C19H18ClNO2. The molecule has 0 N–H and O–H groups in total. The van der Waals surface area contributed by atoms with Gasteiger partial charge in [0.1, 0.15) is 0 Å². The largest absolute Gasteiger partial charge is 0.375 e. The van der Waals surface area contributed by atoms with Crippen molar-refractivity contribution in [2.45, 2.75) is 6.61 Å². The minimum absolute atomic E-state index is 0.000506. The third-order valence-corrected chi connectivity index (χ3v) is 4.08. The van der Waals surface area contributed by atoms with Gasteiger partial charge < -0.3 is 9.30 Å². The summed E-state index contributed by atoms with van der Waals surface area (Å²) in [6.07, 6.45) is 0. The van der Waals surface area contributed by atoms with E-state index in [9.17, 15) is 4.79 Å². The minimum Gasteiger partial charge on any atom is -0.375 e. The first-order valence-electron chi connectivity index (χ1n) is 7.53. The van der Waals surface area contributed by atoms with Crippen LogP contribution >= 0.6 is 11.6 Å². The maximum Gasteiger partial charge on any atom is 0.258 e. The summed E-state index contributed by atoms with van der Waals surface area (Å²) in [5.74, 6) is 0.449. The molecule has 118 valence electrons. The van der Waals surface area contributed by atoms with Crippen molar-refractivity contribution in [1.29, 1.82) is 0 Å². The van der Waals surface area contributed by atoms with Crippen LogP contribution in [0.2, 0.25) is 0 Å². The van der Waals surface area contributed by atoms with Crippen molar-refractivity contribution in [2.75, 3.05) is 12.5 Å². The van der Waals surface area contributed by atoms with Gasteiger partial charge in [-0.05, 0) is 17.0 Å². The van der Waals surface area contributed by atoms with E-state index in [1.165, 1.54) is 0 Å². The van der Waals surface area contributed by atoms with Crippen LogP contribution in [-0.4, -0.2) is 17.1 Å². The number of halogens is 1. The molecule has 1 heterocycles. The predicted octanol–water partition coefficient (Wildman–Crippen LogP) is 3.96. The van der Waals surface area contributed by atoms with Crippen molar-refractivity contribution in [1.82, 2.24) is 4.57 Å². The van der Waals surface area contributed by atoms with Gasteiger partial charge in [0.25, 0.3) is 5.56 Å². The Morgan fingerprint density at radius 3 is 2.35 bits per heavy atom. The van der Waals surface area contributed by atoms with E-state index in [0.29, 0.717) is 24.5 Å². The molecule has 0 fully saturated rings. The van der Waals surface area contributed by atoms with Crippen molar-refractivity contribution in [3.63, 3.8) is 0 Å². The number of nitrogens with zero attached hydrogens (tertiary/aromatic N) is 1. The molecule has 0 atom stereocenters. The molecule has 0 spiro atoms. The number of ether oxygens (including phenoxy) is 1. The van der Waals surface area contributed by atoms with E-state index in [-0.39, 0.29) is 5.56 Å². The fourth-order valence-electron chi connectivity index (χ4n) is 2.88. The lowest BCUT2D eigenvalue weighted by Crippen LogP contribution is -2.21. The van der Waals surface area contributed by atoms with Crippen LogP contribution in [0, 0.1) is 0 Å². The number of benzene rings is 2. The van der Waals surface area contributed by atoms with Crippen LogP contribution in [0.1, 0.15) is 5.56 Å². The Labute approximate surface area is 140 Å². The van der Waals surface area contributed by atoms with Crippen LogP contribution in [0.25, 0.3) is 22.0 Å². The van der Waals surface area contributed by atoms with Crippen LogP contribution in [-0.2, 0) is 18.4 Å². The second-order valence-corrected chi connectivity index (χ2v) is 5.72. The first-order chi connectivity index (χ1) is 11.2. The number of fused-ring (bicyclic) bond motifs is 1. The Morgan fingerprint density at radius 2 is 1.65 bits per heavy atom. The molecule has 0 radical (unpaired) electrons. The van der Waals surface area contributed by atoms with Gasteiger partial charge in [-0.15, -0.1) is 11.6 Å². The highest BCUT2D eigenvalue weighted by Crippen LogP contribution is 2.28. The SMILES string of the molecule is Cn1c(-c2ccccc2)c(COCCCl)c2ccccc2c1=O. The Bertz CT molecular complexity index is 872. The Kier molecular flexibility index (Phi) is 4.79. The van der Waals surface area contributed by atoms with Crippen LogP contribution in [0.4, 0.5) is 0 Å². The number of alkyl halides is 1. The van der Waals surface area contributed by atoms with Gasteiger partial charge >= 0.3 is 0 Å². The summed E-state index contributed by atoms with van der Waals surface area (Å²) >= 11 is 5.72. The van der Waals surface area contributed by atoms with Crippen LogP contribution < -0.4 is 5.56 Å². The lowest BCUT2D eigenvalue weighted by molar-refractivity contribution is 0.136. The highest BCUT2D eigenvalue weighted by atomic mass is 35.5. The molecule has 4 heteroatoms. The molecule has 3 rings (SSSR count). The second-order valence-electron chi connectivity index (χ2n) is 5.34. The van der Waals surface area contributed by atoms with Gasteiger partial charge in [0.05, 0.1) is 18.9 Å². The standard InChI is InChI=1S/C19H18ClNO2/c1-21-18(14-7-3-2-4-8-14)17(13-23-12-11-20)15-9-5-6-10-16(15)19(21)22/h2-10H,11-13H2,1H3. The topological polar surface area (TPSA) is 31.2 Å². The minimum atomic E-state index is 0.000506. The molecule has 2 aromatic carbocycles. The van der Waals surface area contributed by atoms with Crippen molar-refractivity contribution in [3.8, 4) is 11.3 Å². The molecule has 0 amide bonds. The van der Waals surface area contributed by atoms with Crippen molar-refractivity contribution < 1.29 is 4.74 Å². The highest BCUT2D eigenvalue weighted by molar-refractivity contribution is 6.17. The third kappa shape index (κ3) is 3.03.